The lowest BCUT2D eigenvalue weighted by molar-refractivity contribution is 0.155. The highest BCUT2D eigenvalue weighted by Crippen LogP contribution is 2.38. The summed E-state index contributed by atoms with van der Waals surface area (Å²) in [6.07, 6.45) is 2.55. The summed E-state index contributed by atoms with van der Waals surface area (Å²) < 4.78 is 44.3. The molecule has 6 heteroatoms. The maximum atomic E-state index is 13.4. The summed E-state index contributed by atoms with van der Waals surface area (Å²) in [5.74, 6) is -3.38. The minimum Gasteiger partial charge on any atom is -0.404 e. The Morgan fingerprint density at radius 2 is 1.65 bits per heavy atom. The lowest BCUT2D eigenvalue weighted by Gasteiger charge is -2.17. The fourth-order valence-electron chi connectivity index (χ4n) is 3.16. The highest BCUT2D eigenvalue weighted by atomic mass is 19.1. The van der Waals surface area contributed by atoms with E-state index in [1.165, 1.54) is 11.3 Å². The quantitative estimate of drug-likeness (QED) is 0.792. The monoisotopic (exact) mass is 285 g/mol. The molecule has 1 saturated heterocycles. The fraction of sp³-hybridized carbons (Fsp3) is 0.500. The first-order chi connectivity index (χ1) is 9.54. The van der Waals surface area contributed by atoms with Gasteiger partial charge in [0.15, 0.2) is 11.6 Å². The summed E-state index contributed by atoms with van der Waals surface area (Å²) in [6.45, 7) is 1.13. The van der Waals surface area contributed by atoms with Crippen molar-refractivity contribution in [1.82, 2.24) is 4.90 Å². The summed E-state index contributed by atoms with van der Waals surface area (Å²) in [7, 11) is 0. The smallest absolute Gasteiger partial charge is 0.404 e. The molecule has 1 heterocycles. The lowest BCUT2D eigenvalue weighted by atomic mass is 10.0. The Bertz CT molecular complexity index is 514. The van der Waals surface area contributed by atoms with Crippen molar-refractivity contribution in [2.45, 2.75) is 19.3 Å². The van der Waals surface area contributed by atoms with E-state index in [1.807, 2.05) is 0 Å². The third kappa shape index (κ3) is 2.34. The molecule has 1 aliphatic heterocycles. The van der Waals surface area contributed by atoms with Crippen molar-refractivity contribution in [3.05, 3.63) is 29.6 Å². The maximum absolute atomic E-state index is 13.4. The van der Waals surface area contributed by atoms with Crippen LogP contribution in [-0.4, -0.2) is 24.1 Å². The molecule has 0 aromatic heterocycles. The average molecular weight is 285 g/mol. The van der Waals surface area contributed by atoms with E-state index >= 15 is 0 Å². The van der Waals surface area contributed by atoms with Gasteiger partial charge in [0.1, 0.15) is 5.82 Å². The van der Waals surface area contributed by atoms with Gasteiger partial charge in [0.2, 0.25) is 5.75 Å². The number of carbonyl (C=O) groups excluding carboxylic acids is 1. The largest absolute Gasteiger partial charge is 0.415 e. The molecule has 0 radical (unpaired) electrons. The molecule has 2 fully saturated rings. The lowest BCUT2D eigenvalue weighted by Crippen LogP contribution is -2.32. The number of likely N-dealkylation sites (tertiary alicyclic amines) is 1. The molecule has 2 atom stereocenters. The SMILES string of the molecule is O=C(Oc1c(F)cc(F)cc1F)N1CC2CCCC2C1. The van der Waals surface area contributed by atoms with Crippen LogP contribution in [0.15, 0.2) is 12.1 Å². The zero-order valence-corrected chi connectivity index (χ0v) is 10.7. The number of benzene rings is 1. The number of carbonyl (C=O) groups is 1. The van der Waals surface area contributed by atoms with Crippen LogP contribution in [0.3, 0.4) is 0 Å². The number of hydrogen-bond acceptors (Lipinski definition) is 2. The number of halogens is 3. The molecule has 1 amide bonds. The van der Waals surface area contributed by atoms with E-state index in [1.54, 1.807) is 0 Å². The second-order valence-electron chi connectivity index (χ2n) is 5.42. The molecular weight excluding hydrogens is 271 g/mol. The van der Waals surface area contributed by atoms with Gasteiger partial charge in [0, 0.05) is 25.2 Å². The Morgan fingerprint density at radius 3 is 2.20 bits per heavy atom. The van der Waals surface area contributed by atoms with E-state index in [0.29, 0.717) is 37.1 Å². The van der Waals surface area contributed by atoms with Crippen LogP contribution in [0.4, 0.5) is 18.0 Å². The van der Waals surface area contributed by atoms with Gasteiger partial charge >= 0.3 is 6.09 Å². The molecule has 1 saturated carbocycles. The van der Waals surface area contributed by atoms with Crippen LogP contribution in [-0.2, 0) is 0 Å². The van der Waals surface area contributed by atoms with Crippen molar-refractivity contribution < 1.29 is 22.7 Å². The van der Waals surface area contributed by atoms with Crippen LogP contribution in [0.5, 0.6) is 5.75 Å². The van der Waals surface area contributed by atoms with Gasteiger partial charge in [-0.2, -0.15) is 0 Å². The minimum absolute atomic E-state index is 0.463. The summed E-state index contributed by atoms with van der Waals surface area (Å²) in [4.78, 5) is 13.4. The van der Waals surface area contributed by atoms with Crippen LogP contribution in [0.2, 0.25) is 0 Å². The maximum Gasteiger partial charge on any atom is 0.415 e. The van der Waals surface area contributed by atoms with Gasteiger partial charge in [0.25, 0.3) is 0 Å². The summed E-state index contributed by atoms with van der Waals surface area (Å²) >= 11 is 0. The zero-order valence-electron chi connectivity index (χ0n) is 10.7. The number of amides is 1. The van der Waals surface area contributed by atoms with Crippen molar-refractivity contribution >= 4 is 6.09 Å². The normalized spacial score (nSPS) is 24.9. The van der Waals surface area contributed by atoms with Crippen molar-refractivity contribution in [1.29, 1.82) is 0 Å². The highest BCUT2D eigenvalue weighted by Gasteiger charge is 2.39. The molecule has 1 aromatic rings. The first kappa shape index (κ1) is 13.3. The van der Waals surface area contributed by atoms with E-state index in [0.717, 1.165) is 12.8 Å². The number of fused-ring (bicyclic) bond motifs is 1. The standard InChI is InChI=1S/C14H14F3NO2/c15-10-4-11(16)13(12(17)5-10)20-14(19)18-6-8-2-1-3-9(8)7-18/h4-5,8-9H,1-3,6-7H2. The summed E-state index contributed by atoms with van der Waals surface area (Å²) in [5, 5.41) is 0. The summed E-state index contributed by atoms with van der Waals surface area (Å²) in [5.41, 5.74) is 0. The Hall–Kier alpha value is -1.72. The average Bonchev–Trinajstić information content (AvgIpc) is 2.93. The highest BCUT2D eigenvalue weighted by molar-refractivity contribution is 5.71. The molecular formula is C14H14F3NO2. The molecule has 3 nitrogen and oxygen atoms in total. The van der Waals surface area contributed by atoms with Crippen molar-refractivity contribution in [2.75, 3.05) is 13.1 Å². The number of hydrogen-bond donors (Lipinski definition) is 0. The summed E-state index contributed by atoms with van der Waals surface area (Å²) in [6, 6.07) is 0.981. The van der Waals surface area contributed by atoms with Gasteiger partial charge in [-0.05, 0) is 24.7 Å². The molecule has 0 spiro atoms. The van der Waals surface area contributed by atoms with Crippen LogP contribution in [0.25, 0.3) is 0 Å². The zero-order chi connectivity index (χ0) is 14.3. The van der Waals surface area contributed by atoms with Gasteiger partial charge < -0.3 is 9.64 Å². The Kier molecular flexibility index (Phi) is 3.31. The van der Waals surface area contributed by atoms with Crippen molar-refractivity contribution in [3.63, 3.8) is 0 Å². The van der Waals surface area contributed by atoms with E-state index in [4.69, 9.17) is 4.74 Å². The Labute approximate surface area is 114 Å². The second kappa shape index (κ2) is 5.00. The predicted molar refractivity (Wildman–Crippen MR) is 64.7 cm³/mol. The third-order valence-electron chi connectivity index (χ3n) is 4.14. The molecule has 108 valence electrons. The van der Waals surface area contributed by atoms with Crippen LogP contribution in [0.1, 0.15) is 19.3 Å². The molecule has 0 bridgehead atoms. The van der Waals surface area contributed by atoms with Gasteiger partial charge in [-0.25, -0.2) is 18.0 Å². The van der Waals surface area contributed by atoms with Gasteiger partial charge in [-0.15, -0.1) is 0 Å². The number of rotatable bonds is 1. The van der Waals surface area contributed by atoms with E-state index < -0.39 is 29.3 Å². The first-order valence-corrected chi connectivity index (χ1v) is 6.66. The van der Waals surface area contributed by atoms with E-state index in [-0.39, 0.29) is 0 Å². The molecule has 1 aliphatic carbocycles. The molecule has 1 aromatic carbocycles. The van der Waals surface area contributed by atoms with Crippen LogP contribution < -0.4 is 4.74 Å². The predicted octanol–water partition coefficient (Wildman–Crippen LogP) is 3.33. The van der Waals surface area contributed by atoms with Crippen molar-refractivity contribution in [2.24, 2.45) is 11.8 Å². The van der Waals surface area contributed by atoms with Crippen molar-refractivity contribution in [3.8, 4) is 5.75 Å². The van der Waals surface area contributed by atoms with Crippen LogP contribution >= 0.6 is 0 Å². The second-order valence-corrected chi connectivity index (χ2v) is 5.42. The molecule has 2 unspecified atom stereocenters. The number of ether oxygens (including phenoxy) is 1. The number of nitrogens with zero attached hydrogens (tertiary/aromatic N) is 1. The van der Waals surface area contributed by atoms with E-state index in [2.05, 4.69) is 0 Å². The van der Waals surface area contributed by atoms with Gasteiger partial charge in [0.05, 0.1) is 0 Å². The van der Waals surface area contributed by atoms with Gasteiger partial charge in [-0.3, -0.25) is 0 Å². The van der Waals surface area contributed by atoms with Gasteiger partial charge in [-0.1, -0.05) is 6.42 Å². The minimum atomic E-state index is -1.21. The Morgan fingerprint density at radius 1 is 1.10 bits per heavy atom. The first-order valence-electron chi connectivity index (χ1n) is 6.66. The molecule has 2 aliphatic rings. The topological polar surface area (TPSA) is 29.5 Å². The van der Waals surface area contributed by atoms with Crippen LogP contribution in [0, 0.1) is 29.3 Å². The fourth-order valence-corrected chi connectivity index (χ4v) is 3.16. The molecule has 3 rings (SSSR count). The third-order valence-corrected chi connectivity index (χ3v) is 4.14. The molecule has 20 heavy (non-hydrogen) atoms. The molecule has 0 N–H and O–H groups in total. The van der Waals surface area contributed by atoms with E-state index in [9.17, 15) is 18.0 Å². The Balaban J connectivity index is 1.71.